The van der Waals surface area contributed by atoms with E-state index >= 15 is 0 Å². The number of hydrogen-bond acceptors (Lipinski definition) is 5. The molecule has 1 aliphatic rings. The molecule has 6 heteroatoms. The molecule has 1 amide bonds. The summed E-state index contributed by atoms with van der Waals surface area (Å²) >= 11 is 1.60. The topological polar surface area (TPSA) is 54.5 Å². The number of thiazole rings is 1. The molecule has 1 aromatic heterocycles. The third-order valence-electron chi connectivity index (χ3n) is 4.65. The molecule has 1 aromatic carbocycles. The lowest BCUT2D eigenvalue weighted by molar-refractivity contribution is -0.120. The second-order valence-corrected chi connectivity index (χ2v) is 8.30. The van der Waals surface area contributed by atoms with Crippen molar-refractivity contribution in [2.75, 3.05) is 32.8 Å². The van der Waals surface area contributed by atoms with Gasteiger partial charge in [0.1, 0.15) is 5.01 Å². The van der Waals surface area contributed by atoms with Crippen LogP contribution in [0.25, 0.3) is 10.6 Å². The number of nitrogens with one attached hydrogen (secondary N) is 1. The lowest BCUT2D eigenvalue weighted by Crippen LogP contribution is -2.35. The van der Waals surface area contributed by atoms with Gasteiger partial charge in [-0.15, -0.1) is 11.3 Å². The van der Waals surface area contributed by atoms with Crippen LogP contribution in [0.2, 0.25) is 0 Å². The maximum atomic E-state index is 12.0. The molecule has 2 aromatic rings. The van der Waals surface area contributed by atoms with Gasteiger partial charge in [0.15, 0.2) is 0 Å². The number of ether oxygens (including phenoxy) is 1. The van der Waals surface area contributed by atoms with E-state index in [0.717, 1.165) is 62.1 Å². The highest BCUT2D eigenvalue weighted by atomic mass is 32.1. The van der Waals surface area contributed by atoms with Gasteiger partial charge in [-0.3, -0.25) is 9.69 Å². The summed E-state index contributed by atoms with van der Waals surface area (Å²) in [4.78, 5) is 19.1. The van der Waals surface area contributed by atoms with E-state index in [1.165, 1.54) is 5.56 Å². The first-order chi connectivity index (χ1) is 13.1. The predicted octanol–water partition coefficient (Wildman–Crippen LogP) is 3.35. The summed E-state index contributed by atoms with van der Waals surface area (Å²) in [5.41, 5.74) is 3.26. The average Bonchev–Trinajstić information content (AvgIpc) is 3.11. The number of nitrogens with zero attached hydrogens (tertiary/aromatic N) is 2. The predicted molar refractivity (Wildman–Crippen MR) is 110 cm³/mol. The van der Waals surface area contributed by atoms with E-state index in [2.05, 4.69) is 53.3 Å². The first kappa shape index (κ1) is 20.0. The Hall–Kier alpha value is -1.76. The molecule has 27 heavy (non-hydrogen) atoms. The molecule has 2 heterocycles. The van der Waals surface area contributed by atoms with Crippen molar-refractivity contribution in [3.63, 3.8) is 0 Å². The van der Waals surface area contributed by atoms with E-state index in [-0.39, 0.29) is 5.91 Å². The third kappa shape index (κ3) is 6.41. The van der Waals surface area contributed by atoms with E-state index < -0.39 is 0 Å². The lowest BCUT2D eigenvalue weighted by atomic mass is 10.1. The van der Waals surface area contributed by atoms with Crippen LogP contribution in [0.15, 0.2) is 29.6 Å². The fourth-order valence-corrected chi connectivity index (χ4v) is 3.84. The molecular formula is C21H29N3O2S. The van der Waals surface area contributed by atoms with Gasteiger partial charge in [-0.1, -0.05) is 38.1 Å². The number of carbonyl (C=O) groups excluding carboxylic acids is 1. The molecule has 0 atom stereocenters. The van der Waals surface area contributed by atoms with Crippen molar-refractivity contribution < 1.29 is 9.53 Å². The van der Waals surface area contributed by atoms with Crippen LogP contribution in [0, 0.1) is 5.92 Å². The summed E-state index contributed by atoms with van der Waals surface area (Å²) in [6.07, 6.45) is 1.36. The summed E-state index contributed by atoms with van der Waals surface area (Å²) in [5.74, 6) is 0.649. The Morgan fingerprint density at radius 1 is 1.26 bits per heavy atom. The zero-order valence-corrected chi connectivity index (χ0v) is 17.1. The molecule has 0 bridgehead atoms. The minimum atomic E-state index is 0.0494. The highest BCUT2D eigenvalue weighted by Crippen LogP contribution is 2.24. The van der Waals surface area contributed by atoms with E-state index in [1.54, 1.807) is 11.3 Å². The Morgan fingerprint density at radius 3 is 2.70 bits per heavy atom. The first-order valence-electron chi connectivity index (χ1n) is 9.70. The van der Waals surface area contributed by atoms with Gasteiger partial charge in [0.25, 0.3) is 0 Å². The summed E-state index contributed by atoms with van der Waals surface area (Å²) in [6, 6.07) is 8.59. The molecule has 3 rings (SSSR count). The number of morpholine rings is 1. The van der Waals surface area contributed by atoms with E-state index in [1.807, 2.05) is 5.38 Å². The molecule has 5 nitrogen and oxygen atoms in total. The molecule has 146 valence electrons. The van der Waals surface area contributed by atoms with Gasteiger partial charge >= 0.3 is 0 Å². The van der Waals surface area contributed by atoms with Crippen LogP contribution >= 0.6 is 11.3 Å². The maximum absolute atomic E-state index is 12.0. The summed E-state index contributed by atoms with van der Waals surface area (Å²) in [5, 5.41) is 5.93. The fourth-order valence-electron chi connectivity index (χ4n) is 3.02. The molecule has 0 saturated carbocycles. The Kier molecular flexibility index (Phi) is 7.38. The van der Waals surface area contributed by atoms with Gasteiger partial charge in [-0.25, -0.2) is 4.98 Å². The average molecular weight is 388 g/mol. The van der Waals surface area contributed by atoms with Crippen LogP contribution < -0.4 is 5.32 Å². The van der Waals surface area contributed by atoms with Crippen molar-refractivity contribution >= 4 is 17.2 Å². The fraction of sp³-hybridized carbons (Fsp3) is 0.524. The van der Waals surface area contributed by atoms with Crippen molar-refractivity contribution in [1.82, 2.24) is 15.2 Å². The van der Waals surface area contributed by atoms with Crippen LogP contribution in [-0.2, 0) is 22.5 Å². The van der Waals surface area contributed by atoms with Crippen molar-refractivity contribution in [2.45, 2.75) is 33.2 Å². The standard InChI is InChI=1S/C21H29N3O2S/c1-16(2)7-8-22-20(25)13-19-15-27-21(23-19)18-5-3-17(4-6-18)14-24-9-11-26-12-10-24/h3-6,15-16H,7-14H2,1-2H3,(H,22,25). The summed E-state index contributed by atoms with van der Waals surface area (Å²) in [7, 11) is 0. The molecule has 0 aliphatic carbocycles. The smallest absolute Gasteiger partial charge is 0.226 e. The molecule has 1 saturated heterocycles. The van der Waals surface area contributed by atoms with E-state index in [0.29, 0.717) is 12.3 Å². The van der Waals surface area contributed by atoms with Crippen molar-refractivity contribution in [2.24, 2.45) is 5.92 Å². The number of benzene rings is 1. The van der Waals surface area contributed by atoms with Gasteiger partial charge < -0.3 is 10.1 Å². The van der Waals surface area contributed by atoms with Crippen LogP contribution in [0.1, 0.15) is 31.5 Å². The van der Waals surface area contributed by atoms with Crippen LogP contribution in [0.3, 0.4) is 0 Å². The molecular weight excluding hydrogens is 358 g/mol. The molecule has 0 spiro atoms. The molecule has 1 N–H and O–H groups in total. The Bertz CT molecular complexity index is 721. The number of aromatic nitrogens is 1. The van der Waals surface area contributed by atoms with Crippen LogP contribution in [-0.4, -0.2) is 48.6 Å². The first-order valence-corrected chi connectivity index (χ1v) is 10.6. The Labute approximate surface area is 165 Å². The number of rotatable bonds is 8. The van der Waals surface area contributed by atoms with Crippen LogP contribution in [0.4, 0.5) is 0 Å². The SMILES string of the molecule is CC(C)CCNC(=O)Cc1csc(-c2ccc(CN3CCOCC3)cc2)n1. The van der Waals surface area contributed by atoms with E-state index in [4.69, 9.17) is 4.74 Å². The molecule has 0 radical (unpaired) electrons. The quantitative estimate of drug-likeness (QED) is 0.755. The van der Waals surface area contributed by atoms with Crippen molar-refractivity contribution in [3.8, 4) is 10.6 Å². The third-order valence-corrected chi connectivity index (χ3v) is 5.59. The Balaban J connectivity index is 1.52. The summed E-state index contributed by atoms with van der Waals surface area (Å²) in [6.45, 7) is 9.65. The molecule has 1 aliphatic heterocycles. The van der Waals surface area contributed by atoms with Crippen molar-refractivity contribution in [1.29, 1.82) is 0 Å². The number of carbonyl (C=O) groups is 1. The second-order valence-electron chi connectivity index (χ2n) is 7.44. The number of amides is 1. The van der Waals surface area contributed by atoms with E-state index in [9.17, 15) is 4.79 Å². The molecule has 0 unspecified atom stereocenters. The monoisotopic (exact) mass is 387 g/mol. The van der Waals surface area contributed by atoms with Gasteiger partial charge in [0.2, 0.25) is 5.91 Å². The normalized spacial score (nSPS) is 15.2. The lowest BCUT2D eigenvalue weighted by Gasteiger charge is -2.26. The van der Waals surface area contributed by atoms with Gasteiger partial charge in [-0.05, 0) is 17.9 Å². The summed E-state index contributed by atoms with van der Waals surface area (Å²) < 4.78 is 5.40. The zero-order chi connectivity index (χ0) is 19.1. The van der Waals surface area contributed by atoms with Gasteiger partial charge in [0.05, 0.1) is 25.3 Å². The molecule has 1 fully saturated rings. The zero-order valence-electron chi connectivity index (χ0n) is 16.2. The Morgan fingerprint density at radius 2 is 2.00 bits per heavy atom. The van der Waals surface area contributed by atoms with Crippen LogP contribution in [0.5, 0.6) is 0 Å². The largest absolute Gasteiger partial charge is 0.379 e. The number of hydrogen-bond donors (Lipinski definition) is 1. The van der Waals surface area contributed by atoms with Gasteiger partial charge in [0, 0.05) is 37.1 Å². The minimum absolute atomic E-state index is 0.0494. The highest BCUT2D eigenvalue weighted by Gasteiger charge is 2.12. The highest BCUT2D eigenvalue weighted by molar-refractivity contribution is 7.13. The second kappa shape index (κ2) is 9.97. The van der Waals surface area contributed by atoms with Crippen molar-refractivity contribution in [3.05, 3.63) is 40.9 Å². The minimum Gasteiger partial charge on any atom is -0.379 e. The van der Waals surface area contributed by atoms with Gasteiger partial charge in [-0.2, -0.15) is 0 Å². The maximum Gasteiger partial charge on any atom is 0.226 e.